The molecule has 1 atom stereocenters. The molecular weight excluding hydrogens is 450 g/mol. The van der Waals surface area contributed by atoms with Gasteiger partial charge in [0.1, 0.15) is 5.52 Å². The van der Waals surface area contributed by atoms with Crippen LogP contribution in [0.15, 0.2) is 77.2 Å². The number of nitrogens with zero attached hydrogens (tertiary/aromatic N) is 2. The summed E-state index contributed by atoms with van der Waals surface area (Å²) in [4.78, 5) is 32.4. The Labute approximate surface area is 211 Å². The lowest BCUT2D eigenvalue weighted by Crippen LogP contribution is -2.42. The number of carbonyl (C=O) groups excluding carboxylic acids is 2. The monoisotopic (exact) mass is 481 g/mol. The predicted molar refractivity (Wildman–Crippen MR) is 140 cm³/mol. The van der Waals surface area contributed by atoms with Crippen molar-refractivity contribution in [1.82, 2.24) is 15.2 Å². The molecule has 2 amide bonds. The van der Waals surface area contributed by atoms with Crippen LogP contribution in [0, 0.1) is 18.8 Å². The van der Waals surface area contributed by atoms with Gasteiger partial charge in [0.15, 0.2) is 5.58 Å². The van der Waals surface area contributed by atoms with E-state index >= 15 is 0 Å². The molecule has 1 aromatic heterocycles. The molecule has 1 aliphatic heterocycles. The van der Waals surface area contributed by atoms with Gasteiger partial charge < -0.3 is 14.6 Å². The van der Waals surface area contributed by atoms with Crippen molar-refractivity contribution in [2.45, 2.75) is 33.2 Å². The molecule has 184 valence electrons. The highest BCUT2D eigenvalue weighted by Gasteiger charge is 2.30. The molecule has 4 aromatic rings. The van der Waals surface area contributed by atoms with Gasteiger partial charge in [-0.3, -0.25) is 9.59 Å². The lowest BCUT2D eigenvalue weighted by Gasteiger charge is -2.34. The van der Waals surface area contributed by atoms with Crippen LogP contribution in [0.1, 0.15) is 41.3 Å². The Hall–Kier alpha value is -3.93. The smallest absolute Gasteiger partial charge is 0.253 e. The summed E-state index contributed by atoms with van der Waals surface area (Å²) in [6, 6.07) is 23.3. The predicted octanol–water partition coefficient (Wildman–Crippen LogP) is 5.61. The normalized spacial score (nSPS) is 15.1. The van der Waals surface area contributed by atoms with Crippen molar-refractivity contribution >= 4 is 22.9 Å². The molecule has 1 fully saturated rings. The Morgan fingerprint density at radius 1 is 1.03 bits per heavy atom. The van der Waals surface area contributed by atoms with Crippen LogP contribution >= 0.6 is 0 Å². The fourth-order valence-electron chi connectivity index (χ4n) is 4.94. The topological polar surface area (TPSA) is 75.4 Å². The van der Waals surface area contributed by atoms with Crippen LogP contribution in [0.2, 0.25) is 0 Å². The zero-order valence-corrected chi connectivity index (χ0v) is 20.7. The first kappa shape index (κ1) is 23.8. The quantitative estimate of drug-likeness (QED) is 0.389. The summed E-state index contributed by atoms with van der Waals surface area (Å²) >= 11 is 0. The number of rotatable bonds is 6. The second kappa shape index (κ2) is 10.4. The number of oxazole rings is 1. The highest BCUT2D eigenvalue weighted by molar-refractivity contribution is 5.97. The third-order valence-electron chi connectivity index (χ3n) is 7.15. The molecule has 0 spiro atoms. The Morgan fingerprint density at radius 3 is 2.56 bits per heavy atom. The molecule has 6 heteroatoms. The summed E-state index contributed by atoms with van der Waals surface area (Å²) in [6.07, 6.45) is 1.63. The van der Waals surface area contributed by atoms with Crippen molar-refractivity contribution in [2.75, 3.05) is 13.1 Å². The van der Waals surface area contributed by atoms with E-state index in [-0.39, 0.29) is 23.7 Å². The van der Waals surface area contributed by atoms with Crippen molar-refractivity contribution < 1.29 is 14.0 Å². The fraction of sp³-hybridized carbons (Fsp3) is 0.300. The molecule has 6 nitrogen and oxygen atoms in total. The van der Waals surface area contributed by atoms with E-state index < -0.39 is 0 Å². The number of aryl methyl sites for hydroxylation is 1. The maximum Gasteiger partial charge on any atom is 0.253 e. The number of benzene rings is 3. The van der Waals surface area contributed by atoms with Gasteiger partial charge in [-0.2, -0.15) is 0 Å². The Morgan fingerprint density at radius 2 is 1.81 bits per heavy atom. The maximum atomic E-state index is 13.2. The van der Waals surface area contributed by atoms with Crippen LogP contribution in [0.5, 0.6) is 0 Å². The molecular formula is C30H31N3O3. The minimum absolute atomic E-state index is 0.00355. The average Bonchev–Trinajstić information content (AvgIpc) is 3.35. The van der Waals surface area contributed by atoms with Crippen LogP contribution in [-0.2, 0) is 11.3 Å². The van der Waals surface area contributed by atoms with Crippen molar-refractivity contribution in [3.05, 3.63) is 89.5 Å². The van der Waals surface area contributed by atoms with Crippen molar-refractivity contribution in [1.29, 1.82) is 0 Å². The molecule has 36 heavy (non-hydrogen) atoms. The van der Waals surface area contributed by atoms with Crippen molar-refractivity contribution in [3.63, 3.8) is 0 Å². The average molecular weight is 482 g/mol. The van der Waals surface area contributed by atoms with Crippen LogP contribution in [0.25, 0.3) is 22.6 Å². The van der Waals surface area contributed by atoms with Gasteiger partial charge >= 0.3 is 0 Å². The Kier molecular flexibility index (Phi) is 6.85. The van der Waals surface area contributed by atoms with Crippen LogP contribution in [-0.4, -0.2) is 34.8 Å². The molecule has 1 saturated heterocycles. The SMILES string of the molecule is Cc1cccc(CNC(=O)[C@H](C)C2CCN(C(=O)c3ccc4oc(-c5ccccc5)nc4c3)CC2)c1. The van der Waals surface area contributed by atoms with Gasteiger partial charge in [0.05, 0.1) is 0 Å². The highest BCUT2D eigenvalue weighted by Crippen LogP contribution is 2.28. The Bertz CT molecular complexity index is 1370. The fourth-order valence-corrected chi connectivity index (χ4v) is 4.94. The third kappa shape index (κ3) is 5.18. The van der Waals surface area contributed by atoms with E-state index in [1.807, 2.05) is 60.4 Å². The first-order valence-electron chi connectivity index (χ1n) is 12.6. The van der Waals surface area contributed by atoms with Gasteiger partial charge in [-0.25, -0.2) is 4.98 Å². The summed E-state index contributed by atoms with van der Waals surface area (Å²) in [5.74, 6) is 0.793. The summed E-state index contributed by atoms with van der Waals surface area (Å²) in [5.41, 5.74) is 5.14. The highest BCUT2D eigenvalue weighted by atomic mass is 16.3. The number of nitrogens with one attached hydrogen (secondary N) is 1. The van der Waals surface area contributed by atoms with E-state index in [9.17, 15) is 9.59 Å². The molecule has 1 N–H and O–H groups in total. The standard InChI is InChI=1S/C30H31N3O3/c1-20-7-6-8-22(17-20)19-31-28(34)21(2)23-13-15-33(16-14-23)30(35)25-11-12-27-26(18-25)32-29(36-27)24-9-4-3-5-10-24/h3-12,17-18,21,23H,13-16,19H2,1-2H3,(H,31,34)/t21-/m1/s1. The number of carbonyl (C=O) groups is 2. The van der Waals surface area contributed by atoms with E-state index in [0.29, 0.717) is 42.2 Å². The maximum absolute atomic E-state index is 13.2. The first-order chi connectivity index (χ1) is 17.5. The minimum Gasteiger partial charge on any atom is -0.436 e. The number of aromatic nitrogens is 1. The summed E-state index contributed by atoms with van der Waals surface area (Å²) in [5, 5.41) is 3.08. The number of piperidine rings is 1. The second-order valence-electron chi connectivity index (χ2n) is 9.69. The van der Waals surface area contributed by atoms with Crippen molar-refractivity contribution in [3.8, 4) is 11.5 Å². The van der Waals surface area contributed by atoms with Gasteiger partial charge in [-0.05, 0) is 61.6 Å². The van der Waals surface area contributed by atoms with Crippen LogP contribution < -0.4 is 5.32 Å². The minimum atomic E-state index is -0.0880. The summed E-state index contributed by atoms with van der Waals surface area (Å²) < 4.78 is 5.88. The van der Waals surface area contributed by atoms with E-state index in [0.717, 1.165) is 24.0 Å². The molecule has 5 rings (SSSR count). The molecule has 3 aromatic carbocycles. The van der Waals surface area contributed by atoms with Crippen LogP contribution in [0.3, 0.4) is 0 Å². The van der Waals surface area contributed by atoms with E-state index in [1.54, 1.807) is 12.1 Å². The van der Waals surface area contributed by atoms with Crippen molar-refractivity contribution in [2.24, 2.45) is 11.8 Å². The Balaban J connectivity index is 1.17. The molecule has 0 bridgehead atoms. The molecule has 2 heterocycles. The molecule has 1 aliphatic rings. The second-order valence-corrected chi connectivity index (χ2v) is 9.69. The van der Waals surface area contributed by atoms with Gasteiger partial charge in [0.25, 0.3) is 5.91 Å². The molecule has 0 radical (unpaired) electrons. The zero-order chi connectivity index (χ0) is 25.1. The van der Waals surface area contributed by atoms with E-state index in [2.05, 4.69) is 29.4 Å². The van der Waals surface area contributed by atoms with Gasteiger partial charge in [0, 0.05) is 36.7 Å². The number of likely N-dealkylation sites (tertiary alicyclic amines) is 1. The lowest BCUT2D eigenvalue weighted by molar-refractivity contribution is -0.126. The van der Waals surface area contributed by atoms with Gasteiger partial charge in [-0.1, -0.05) is 55.0 Å². The zero-order valence-electron chi connectivity index (χ0n) is 20.7. The van der Waals surface area contributed by atoms with Gasteiger partial charge in [0.2, 0.25) is 11.8 Å². The third-order valence-corrected chi connectivity index (χ3v) is 7.15. The van der Waals surface area contributed by atoms with E-state index in [4.69, 9.17) is 4.42 Å². The molecule has 0 aliphatic carbocycles. The summed E-state index contributed by atoms with van der Waals surface area (Å²) in [6.45, 7) is 5.88. The van der Waals surface area contributed by atoms with Gasteiger partial charge in [-0.15, -0.1) is 0 Å². The van der Waals surface area contributed by atoms with Crippen LogP contribution in [0.4, 0.5) is 0 Å². The molecule has 0 saturated carbocycles. The van der Waals surface area contributed by atoms with E-state index in [1.165, 1.54) is 5.56 Å². The number of hydrogen-bond donors (Lipinski definition) is 1. The lowest BCUT2D eigenvalue weighted by atomic mass is 9.84. The number of fused-ring (bicyclic) bond motifs is 1. The summed E-state index contributed by atoms with van der Waals surface area (Å²) in [7, 11) is 0. The largest absolute Gasteiger partial charge is 0.436 e. The number of hydrogen-bond acceptors (Lipinski definition) is 4. The molecule has 0 unspecified atom stereocenters. The first-order valence-corrected chi connectivity index (χ1v) is 12.6. The number of amides is 2.